The molecule has 21 heavy (non-hydrogen) atoms. The van der Waals surface area contributed by atoms with E-state index in [-0.39, 0.29) is 5.54 Å². The zero-order chi connectivity index (χ0) is 15.3. The fraction of sp³-hybridized carbons (Fsp3) is 1.00. The molecule has 2 aliphatic heterocycles. The first-order valence-corrected chi connectivity index (χ1v) is 8.81. The van der Waals surface area contributed by atoms with Crippen molar-refractivity contribution in [1.82, 2.24) is 9.80 Å². The van der Waals surface area contributed by atoms with E-state index in [9.17, 15) is 0 Å². The van der Waals surface area contributed by atoms with Crippen molar-refractivity contribution in [2.75, 3.05) is 46.9 Å². The third kappa shape index (κ3) is 4.41. The molecule has 4 heteroatoms. The Morgan fingerprint density at radius 1 is 1.29 bits per heavy atom. The largest absolute Gasteiger partial charge is 0.378 e. The van der Waals surface area contributed by atoms with E-state index >= 15 is 0 Å². The van der Waals surface area contributed by atoms with Crippen LogP contribution in [0.5, 0.6) is 0 Å². The zero-order valence-corrected chi connectivity index (χ0v) is 14.3. The van der Waals surface area contributed by atoms with E-state index in [1.165, 1.54) is 45.3 Å². The van der Waals surface area contributed by atoms with Crippen LogP contribution >= 0.6 is 0 Å². The highest BCUT2D eigenvalue weighted by Crippen LogP contribution is 2.34. The summed E-state index contributed by atoms with van der Waals surface area (Å²) in [7, 11) is 4.36. The Labute approximate surface area is 131 Å². The monoisotopic (exact) mass is 297 g/mol. The van der Waals surface area contributed by atoms with E-state index in [1.54, 1.807) is 0 Å². The van der Waals surface area contributed by atoms with Crippen molar-refractivity contribution in [3.8, 4) is 0 Å². The Hall–Kier alpha value is -0.160. The van der Waals surface area contributed by atoms with Crippen LogP contribution in [-0.4, -0.2) is 68.3 Å². The van der Waals surface area contributed by atoms with Crippen LogP contribution in [0.25, 0.3) is 0 Å². The lowest BCUT2D eigenvalue weighted by molar-refractivity contribution is -0.0819. The number of hydrogen-bond acceptors (Lipinski definition) is 4. The third-order valence-corrected chi connectivity index (χ3v) is 5.43. The van der Waals surface area contributed by atoms with E-state index in [4.69, 9.17) is 10.5 Å². The topological polar surface area (TPSA) is 41.7 Å². The molecule has 2 heterocycles. The van der Waals surface area contributed by atoms with E-state index in [0.717, 1.165) is 31.9 Å². The lowest BCUT2D eigenvalue weighted by Crippen LogP contribution is -2.60. The van der Waals surface area contributed by atoms with Gasteiger partial charge in [0.1, 0.15) is 0 Å². The van der Waals surface area contributed by atoms with Crippen LogP contribution in [0.4, 0.5) is 0 Å². The normalized spacial score (nSPS) is 32.7. The molecule has 0 radical (unpaired) electrons. The Kier molecular flexibility index (Phi) is 6.48. The molecule has 0 spiro atoms. The standard InChI is InChI=1S/C17H35N3O/c1-4-5-16-12-17(14-18,8-11-21-16)20-9-6-15(7-10-20)13-19(2)3/h15-16H,4-14,18H2,1-3H3. The second kappa shape index (κ2) is 7.91. The Bertz CT molecular complexity index is 300. The zero-order valence-electron chi connectivity index (χ0n) is 14.3. The van der Waals surface area contributed by atoms with Crippen molar-refractivity contribution in [3.05, 3.63) is 0 Å². The molecule has 0 aromatic rings. The van der Waals surface area contributed by atoms with Crippen LogP contribution < -0.4 is 5.73 Å². The molecular weight excluding hydrogens is 262 g/mol. The first-order chi connectivity index (χ1) is 10.1. The first-order valence-electron chi connectivity index (χ1n) is 8.81. The molecule has 4 nitrogen and oxygen atoms in total. The van der Waals surface area contributed by atoms with Gasteiger partial charge in [0.2, 0.25) is 0 Å². The van der Waals surface area contributed by atoms with Gasteiger partial charge in [0, 0.05) is 25.2 Å². The van der Waals surface area contributed by atoms with Crippen LogP contribution in [0.3, 0.4) is 0 Å². The molecule has 2 saturated heterocycles. The van der Waals surface area contributed by atoms with Crippen molar-refractivity contribution < 1.29 is 4.74 Å². The van der Waals surface area contributed by atoms with Crippen LogP contribution in [0.1, 0.15) is 45.4 Å². The minimum Gasteiger partial charge on any atom is -0.378 e. The molecule has 0 aromatic carbocycles. The minimum absolute atomic E-state index is 0.209. The maximum Gasteiger partial charge on any atom is 0.0593 e. The lowest BCUT2D eigenvalue weighted by atomic mass is 9.81. The molecule has 2 fully saturated rings. The van der Waals surface area contributed by atoms with Crippen molar-refractivity contribution in [2.24, 2.45) is 11.7 Å². The molecule has 0 aliphatic carbocycles. The van der Waals surface area contributed by atoms with Crippen LogP contribution in [-0.2, 0) is 4.74 Å². The number of hydrogen-bond donors (Lipinski definition) is 1. The summed E-state index contributed by atoms with van der Waals surface area (Å²) in [5.41, 5.74) is 6.45. The highest BCUT2D eigenvalue weighted by atomic mass is 16.5. The highest BCUT2D eigenvalue weighted by molar-refractivity contribution is 4.98. The second-order valence-electron chi connectivity index (χ2n) is 7.36. The number of piperidine rings is 1. The maximum absolute atomic E-state index is 6.24. The lowest BCUT2D eigenvalue weighted by Gasteiger charge is -2.50. The molecule has 0 saturated carbocycles. The number of nitrogens with zero attached hydrogens (tertiary/aromatic N) is 2. The summed E-state index contributed by atoms with van der Waals surface area (Å²) in [4.78, 5) is 5.02. The van der Waals surface area contributed by atoms with E-state index in [1.807, 2.05) is 0 Å². The van der Waals surface area contributed by atoms with Gasteiger partial charge in [0.05, 0.1) is 6.10 Å². The fourth-order valence-electron chi connectivity index (χ4n) is 4.22. The van der Waals surface area contributed by atoms with Crippen molar-refractivity contribution in [1.29, 1.82) is 0 Å². The quantitative estimate of drug-likeness (QED) is 0.813. The molecule has 2 N–H and O–H groups in total. The Morgan fingerprint density at radius 2 is 2.00 bits per heavy atom. The average molecular weight is 297 g/mol. The number of nitrogens with two attached hydrogens (primary N) is 1. The van der Waals surface area contributed by atoms with Gasteiger partial charge in [0.25, 0.3) is 0 Å². The van der Waals surface area contributed by atoms with Gasteiger partial charge in [-0.2, -0.15) is 0 Å². The summed E-state index contributed by atoms with van der Waals surface area (Å²) in [6.45, 7) is 7.58. The Morgan fingerprint density at radius 3 is 2.57 bits per heavy atom. The van der Waals surface area contributed by atoms with Gasteiger partial charge in [-0.3, -0.25) is 4.90 Å². The fourth-order valence-corrected chi connectivity index (χ4v) is 4.22. The molecule has 0 amide bonds. The smallest absolute Gasteiger partial charge is 0.0593 e. The summed E-state index contributed by atoms with van der Waals surface area (Å²) in [5, 5.41) is 0. The van der Waals surface area contributed by atoms with Gasteiger partial charge in [-0.1, -0.05) is 13.3 Å². The van der Waals surface area contributed by atoms with E-state index in [0.29, 0.717) is 6.10 Å². The van der Waals surface area contributed by atoms with Gasteiger partial charge in [0.15, 0.2) is 0 Å². The molecule has 2 atom stereocenters. The molecule has 0 aromatic heterocycles. The third-order valence-electron chi connectivity index (χ3n) is 5.43. The number of rotatable bonds is 6. The van der Waals surface area contributed by atoms with Crippen molar-refractivity contribution in [3.63, 3.8) is 0 Å². The van der Waals surface area contributed by atoms with Crippen molar-refractivity contribution in [2.45, 2.75) is 57.1 Å². The summed E-state index contributed by atoms with van der Waals surface area (Å²) in [5.74, 6) is 0.859. The predicted molar refractivity (Wildman–Crippen MR) is 88.5 cm³/mol. The molecule has 124 valence electrons. The van der Waals surface area contributed by atoms with Crippen molar-refractivity contribution >= 4 is 0 Å². The number of likely N-dealkylation sites (tertiary alicyclic amines) is 1. The molecule has 2 aliphatic rings. The average Bonchev–Trinajstić information content (AvgIpc) is 2.48. The number of ether oxygens (including phenoxy) is 1. The van der Waals surface area contributed by atoms with Crippen LogP contribution in [0.2, 0.25) is 0 Å². The second-order valence-corrected chi connectivity index (χ2v) is 7.36. The van der Waals surface area contributed by atoms with Gasteiger partial charge in [-0.25, -0.2) is 0 Å². The molecule has 0 bridgehead atoms. The summed E-state index contributed by atoms with van der Waals surface area (Å²) < 4.78 is 5.95. The first kappa shape index (κ1) is 17.2. The summed E-state index contributed by atoms with van der Waals surface area (Å²) in [6, 6.07) is 0. The maximum atomic E-state index is 6.24. The van der Waals surface area contributed by atoms with Gasteiger partial charge in [-0.15, -0.1) is 0 Å². The van der Waals surface area contributed by atoms with E-state index in [2.05, 4.69) is 30.8 Å². The van der Waals surface area contributed by atoms with Crippen LogP contribution in [0, 0.1) is 5.92 Å². The molecule has 2 rings (SSSR count). The SMILES string of the molecule is CCCC1CC(CN)(N2CCC(CN(C)C)CC2)CCO1. The van der Waals surface area contributed by atoms with Gasteiger partial charge >= 0.3 is 0 Å². The molecular formula is C17H35N3O. The Balaban J connectivity index is 1.92. The summed E-state index contributed by atoms with van der Waals surface area (Å²) in [6.07, 6.45) is 7.69. The molecule has 2 unspecified atom stereocenters. The van der Waals surface area contributed by atoms with Gasteiger partial charge in [-0.05, 0) is 65.2 Å². The van der Waals surface area contributed by atoms with Crippen LogP contribution in [0.15, 0.2) is 0 Å². The highest BCUT2D eigenvalue weighted by Gasteiger charge is 2.41. The predicted octanol–water partition coefficient (Wildman–Crippen LogP) is 1.94. The van der Waals surface area contributed by atoms with E-state index < -0.39 is 0 Å². The van der Waals surface area contributed by atoms with Gasteiger partial charge < -0.3 is 15.4 Å². The minimum atomic E-state index is 0.209. The summed E-state index contributed by atoms with van der Waals surface area (Å²) >= 11 is 0.